The molecule has 1 aromatic rings. The van der Waals surface area contributed by atoms with E-state index in [4.69, 9.17) is 0 Å². The highest BCUT2D eigenvalue weighted by Crippen LogP contribution is 2.23. The molecule has 1 aliphatic rings. The number of aromatic nitrogens is 1. The van der Waals surface area contributed by atoms with Crippen LogP contribution in [-0.4, -0.2) is 36.8 Å². The van der Waals surface area contributed by atoms with Gasteiger partial charge in [0.2, 0.25) is 0 Å². The lowest BCUT2D eigenvalue weighted by atomic mass is 9.96. The molecule has 23 heavy (non-hydrogen) atoms. The third-order valence-corrected chi connectivity index (χ3v) is 6.67. The molecule has 1 aliphatic heterocycles. The third kappa shape index (κ3) is 4.40. The van der Waals surface area contributed by atoms with Gasteiger partial charge in [0.05, 0.1) is 22.4 Å². The van der Waals surface area contributed by atoms with Crippen LogP contribution in [0.5, 0.6) is 0 Å². The lowest BCUT2D eigenvalue weighted by molar-refractivity contribution is 0.275. The number of rotatable bonds is 6. The highest BCUT2D eigenvalue weighted by Gasteiger charge is 2.24. The Morgan fingerprint density at radius 2 is 2.30 bits per heavy atom. The minimum absolute atomic E-state index is 0.256. The lowest BCUT2D eigenvalue weighted by Gasteiger charge is -2.21. The van der Waals surface area contributed by atoms with Crippen LogP contribution in [-0.2, 0) is 16.4 Å². The molecule has 1 saturated heterocycles. The Hall–Kier alpha value is -1.24. The summed E-state index contributed by atoms with van der Waals surface area (Å²) in [6.07, 6.45) is 8.50. The van der Waals surface area contributed by atoms with Gasteiger partial charge in [0.1, 0.15) is 0 Å². The zero-order valence-electron chi connectivity index (χ0n) is 13.8. The van der Waals surface area contributed by atoms with Gasteiger partial charge >= 0.3 is 0 Å². The van der Waals surface area contributed by atoms with Crippen LogP contribution >= 0.6 is 0 Å². The van der Waals surface area contributed by atoms with Gasteiger partial charge in [0.15, 0.2) is 9.84 Å². The van der Waals surface area contributed by atoms with Gasteiger partial charge in [-0.2, -0.15) is 0 Å². The van der Waals surface area contributed by atoms with Crippen LogP contribution < -0.4 is 5.32 Å². The van der Waals surface area contributed by atoms with E-state index in [1.165, 1.54) is 25.1 Å². The molecule has 0 radical (unpaired) electrons. The molecule has 2 N–H and O–H groups in total. The van der Waals surface area contributed by atoms with E-state index in [0.29, 0.717) is 17.2 Å². The molecule has 0 amide bonds. The number of aliphatic hydroxyl groups is 1. The van der Waals surface area contributed by atoms with Crippen LogP contribution in [0, 0.1) is 12.8 Å². The van der Waals surface area contributed by atoms with E-state index in [-0.39, 0.29) is 11.5 Å². The molecule has 128 valence electrons. The van der Waals surface area contributed by atoms with Crippen LogP contribution in [0.15, 0.2) is 29.3 Å². The van der Waals surface area contributed by atoms with Gasteiger partial charge in [0, 0.05) is 6.20 Å². The van der Waals surface area contributed by atoms with Gasteiger partial charge in [-0.3, -0.25) is 4.98 Å². The van der Waals surface area contributed by atoms with Crippen LogP contribution in [0.25, 0.3) is 0 Å². The average Bonchev–Trinajstić information content (AvgIpc) is 2.55. The second-order valence-electron chi connectivity index (χ2n) is 6.17. The van der Waals surface area contributed by atoms with Gasteiger partial charge in [-0.15, -0.1) is 0 Å². The van der Waals surface area contributed by atoms with E-state index >= 15 is 0 Å². The zero-order chi connectivity index (χ0) is 16.9. The molecule has 1 aromatic heterocycles. The summed E-state index contributed by atoms with van der Waals surface area (Å²) in [5.74, 6) is 0.596. The van der Waals surface area contributed by atoms with E-state index in [9.17, 15) is 13.5 Å². The Kier molecular flexibility index (Phi) is 6.33. The minimum atomic E-state index is -3.46. The number of sulfone groups is 1. The number of aliphatic hydroxyl groups excluding tert-OH is 1. The predicted molar refractivity (Wildman–Crippen MR) is 90.9 cm³/mol. The average molecular weight is 338 g/mol. The van der Waals surface area contributed by atoms with Crippen molar-refractivity contribution in [2.45, 2.75) is 49.9 Å². The Balaban J connectivity index is 2.09. The smallest absolute Gasteiger partial charge is 0.184 e. The fourth-order valence-electron chi connectivity index (χ4n) is 2.92. The molecule has 5 nitrogen and oxygen atoms in total. The van der Waals surface area contributed by atoms with Crippen LogP contribution in [0.4, 0.5) is 0 Å². The number of pyridine rings is 1. The zero-order valence-corrected chi connectivity index (χ0v) is 14.6. The summed E-state index contributed by atoms with van der Waals surface area (Å²) in [7, 11) is -3.46. The van der Waals surface area contributed by atoms with Gasteiger partial charge in [0.25, 0.3) is 0 Å². The third-order valence-electron chi connectivity index (χ3n) is 4.48. The summed E-state index contributed by atoms with van der Waals surface area (Å²) in [6.45, 7) is 5.22. The topological polar surface area (TPSA) is 79.3 Å². The maximum absolute atomic E-state index is 12.7. The standard InChI is InChI=1S/C17H26N2O3S/c1-13(5-3-6-15-7-4-9-18-11-15)23(21,22)17-8-10-19-16(12-20)14(17)2/h3,5,8,10,13,15,18,20H,4,6-7,9,11-12H2,1-2H3. The molecule has 0 spiro atoms. The molecule has 6 heteroatoms. The molecule has 2 rings (SSSR count). The first-order chi connectivity index (χ1) is 11.0. The number of nitrogens with one attached hydrogen (secondary N) is 1. The highest BCUT2D eigenvalue weighted by molar-refractivity contribution is 7.92. The molecular weight excluding hydrogens is 312 g/mol. The van der Waals surface area contributed by atoms with Gasteiger partial charge in [-0.1, -0.05) is 12.2 Å². The number of piperidine rings is 1. The van der Waals surface area contributed by atoms with Gasteiger partial charge in [-0.05, 0) is 63.7 Å². The monoisotopic (exact) mass is 338 g/mol. The molecule has 2 heterocycles. The second kappa shape index (κ2) is 8.04. The van der Waals surface area contributed by atoms with Crippen LogP contribution in [0.1, 0.15) is 37.4 Å². The van der Waals surface area contributed by atoms with Crippen molar-refractivity contribution in [1.29, 1.82) is 0 Å². The molecule has 2 atom stereocenters. The molecule has 0 saturated carbocycles. The van der Waals surface area contributed by atoms with Crippen molar-refractivity contribution in [2.24, 2.45) is 5.92 Å². The Labute approximate surface area is 138 Å². The largest absolute Gasteiger partial charge is 0.390 e. The number of hydrogen-bond acceptors (Lipinski definition) is 5. The van der Waals surface area contributed by atoms with Crippen LogP contribution in [0.3, 0.4) is 0 Å². The Bertz CT molecular complexity index is 650. The van der Waals surface area contributed by atoms with Crippen molar-refractivity contribution >= 4 is 9.84 Å². The summed E-state index contributed by atoms with van der Waals surface area (Å²) >= 11 is 0. The quantitative estimate of drug-likeness (QED) is 0.776. The number of nitrogens with zero attached hydrogens (tertiary/aromatic N) is 1. The summed E-state index contributed by atoms with van der Waals surface area (Å²) in [6, 6.07) is 1.51. The maximum atomic E-state index is 12.7. The van der Waals surface area contributed by atoms with Crippen molar-refractivity contribution in [3.63, 3.8) is 0 Å². The summed E-state index contributed by atoms with van der Waals surface area (Å²) in [4.78, 5) is 4.27. The van der Waals surface area contributed by atoms with Crippen molar-refractivity contribution in [1.82, 2.24) is 10.3 Å². The maximum Gasteiger partial charge on any atom is 0.184 e. The fourth-order valence-corrected chi connectivity index (χ4v) is 4.43. The van der Waals surface area contributed by atoms with Crippen molar-refractivity contribution < 1.29 is 13.5 Å². The lowest BCUT2D eigenvalue weighted by Crippen LogP contribution is -2.29. The molecule has 0 aromatic carbocycles. The Morgan fingerprint density at radius 3 is 2.96 bits per heavy atom. The molecule has 0 bridgehead atoms. The summed E-state index contributed by atoms with van der Waals surface area (Å²) in [5.41, 5.74) is 0.947. The molecular formula is C17H26N2O3S. The normalized spacial score (nSPS) is 20.7. The molecule has 2 unspecified atom stereocenters. The van der Waals surface area contributed by atoms with E-state index in [0.717, 1.165) is 19.5 Å². The van der Waals surface area contributed by atoms with E-state index in [1.54, 1.807) is 19.9 Å². The van der Waals surface area contributed by atoms with Gasteiger partial charge < -0.3 is 10.4 Å². The number of hydrogen-bond donors (Lipinski definition) is 2. The van der Waals surface area contributed by atoms with E-state index in [1.807, 2.05) is 6.08 Å². The van der Waals surface area contributed by atoms with Gasteiger partial charge in [-0.25, -0.2) is 8.42 Å². The van der Waals surface area contributed by atoms with Crippen molar-refractivity contribution in [2.75, 3.05) is 13.1 Å². The summed E-state index contributed by atoms with van der Waals surface area (Å²) in [5, 5.41) is 12.0. The van der Waals surface area contributed by atoms with Crippen LogP contribution in [0.2, 0.25) is 0 Å². The molecule has 1 fully saturated rings. The van der Waals surface area contributed by atoms with E-state index < -0.39 is 15.1 Å². The minimum Gasteiger partial charge on any atom is -0.390 e. The predicted octanol–water partition coefficient (Wildman–Crippen LogP) is 1.99. The Morgan fingerprint density at radius 1 is 1.52 bits per heavy atom. The van der Waals surface area contributed by atoms with Crippen molar-refractivity contribution in [3.8, 4) is 0 Å². The first-order valence-electron chi connectivity index (χ1n) is 8.13. The second-order valence-corrected chi connectivity index (χ2v) is 8.44. The first kappa shape index (κ1) is 18.1. The highest BCUT2D eigenvalue weighted by atomic mass is 32.2. The van der Waals surface area contributed by atoms with Crippen molar-refractivity contribution in [3.05, 3.63) is 35.7 Å². The fraction of sp³-hybridized carbons (Fsp3) is 0.588. The number of allylic oxidation sites excluding steroid dienone is 1. The van der Waals surface area contributed by atoms with E-state index in [2.05, 4.69) is 10.3 Å². The SMILES string of the molecule is Cc1c(S(=O)(=O)C(C)C=CCC2CCCNC2)ccnc1CO. The first-order valence-corrected chi connectivity index (χ1v) is 9.68. The molecule has 0 aliphatic carbocycles. The summed E-state index contributed by atoms with van der Waals surface area (Å²) < 4.78 is 25.5.